The van der Waals surface area contributed by atoms with Gasteiger partial charge in [0.15, 0.2) is 0 Å². The van der Waals surface area contributed by atoms with E-state index in [9.17, 15) is 13.2 Å². The van der Waals surface area contributed by atoms with Gasteiger partial charge in [0.25, 0.3) is 0 Å². The Morgan fingerprint density at radius 1 is 1.12 bits per heavy atom. The maximum absolute atomic E-state index is 12.4. The number of nitrogens with zero attached hydrogens (tertiary/aromatic N) is 1. The number of hydrogen-bond donors (Lipinski definition) is 1. The quantitative estimate of drug-likeness (QED) is 0.723. The molecule has 2 aromatic carbocycles. The summed E-state index contributed by atoms with van der Waals surface area (Å²) in [5.74, 6) is -0.299. The molecule has 0 aromatic heterocycles. The number of benzene rings is 2. The molecule has 0 fully saturated rings. The fourth-order valence-corrected chi connectivity index (χ4v) is 4.03. The molecule has 5 nitrogen and oxygen atoms in total. The lowest BCUT2D eigenvalue weighted by atomic mass is 10.2. The minimum Gasteiger partial charge on any atom is -0.322 e. The molecule has 26 heavy (non-hydrogen) atoms. The van der Waals surface area contributed by atoms with E-state index in [0.717, 1.165) is 5.56 Å². The summed E-state index contributed by atoms with van der Waals surface area (Å²) in [5, 5.41) is 3.24. The van der Waals surface area contributed by atoms with Gasteiger partial charge >= 0.3 is 0 Å². The van der Waals surface area contributed by atoms with Crippen LogP contribution in [0.2, 0.25) is 5.02 Å². The second-order valence-corrected chi connectivity index (χ2v) is 7.87. The molecule has 1 N–H and O–H groups in total. The molecule has 0 aliphatic heterocycles. The van der Waals surface area contributed by atoms with Crippen LogP contribution < -0.4 is 5.32 Å². The number of carbonyl (C=O) groups is 1. The van der Waals surface area contributed by atoms with E-state index < -0.39 is 10.0 Å². The molecule has 1 amide bonds. The second kappa shape index (κ2) is 8.98. The fourth-order valence-electron chi connectivity index (χ4n) is 2.39. The van der Waals surface area contributed by atoms with Crippen LogP contribution in [0.3, 0.4) is 0 Å². The molecule has 0 heterocycles. The summed E-state index contributed by atoms with van der Waals surface area (Å²) < 4.78 is 26.3. The third-order valence-corrected chi connectivity index (χ3v) is 6.04. The van der Waals surface area contributed by atoms with Crippen molar-refractivity contribution < 1.29 is 13.2 Å². The zero-order chi connectivity index (χ0) is 19.2. The molecule has 0 bridgehead atoms. The Labute approximate surface area is 159 Å². The zero-order valence-electron chi connectivity index (χ0n) is 14.6. The highest BCUT2D eigenvalue weighted by Crippen LogP contribution is 2.17. The number of carbonyl (C=O) groups excluding carboxylic acids is 1. The monoisotopic (exact) mass is 392 g/mol. The van der Waals surface area contributed by atoms with Gasteiger partial charge in [0.2, 0.25) is 15.9 Å². The molecule has 0 radical (unpaired) electrons. The van der Waals surface area contributed by atoms with Gasteiger partial charge in [0.1, 0.15) is 0 Å². The first-order valence-corrected chi connectivity index (χ1v) is 10.0. The summed E-state index contributed by atoms with van der Waals surface area (Å²) in [4.78, 5) is 12.2. The minimum atomic E-state index is -3.48. The standard InChI is InChI=1S/C19H21ClN2O3S/c1-3-22(4-2)26(24,25)18-11-8-15(9-12-18)10-13-19(23)21-17-7-5-6-16(20)14-17/h5-14H,3-4H2,1-2H3,(H,21,23)/b13-10+. The molecule has 7 heteroatoms. The Kier molecular flexibility index (Phi) is 6.97. The van der Waals surface area contributed by atoms with Crippen LogP contribution in [0, 0.1) is 0 Å². The average Bonchev–Trinajstić information content (AvgIpc) is 2.61. The number of rotatable bonds is 7. The number of amides is 1. The van der Waals surface area contributed by atoms with Crippen LogP contribution in [0.1, 0.15) is 19.4 Å². The molecule has 2 aromatic rings. The molecule has 0 saturated carbocycles. The topological polar surface area (TPSA) is 66.5 Å². The van der Waals surface area contributed by atoms with Crippen molar-refractivity contribution in [1.29, 1.82) is 0 Å². The second-order valence-electron chi connectivity index (χ2n) is 5.49. The number of hydrogen-bond acceptors (Lipinski definition) is 3. The minimum absolute atomic E-state index is 0.238. The first kappa shape index (κ1) is 20.2. The van der Waals surface area contributed by atoms with E-state index >= 15 is 0 Å². The van der Waals surface area contributed by atoms with Gasteiger partial charge < -0.3 is 5.32 Å². The van der Waals surface area contributed by atoms with Gasteiger partial charge in [-0.25, -0.2) is 8.42 Å². The summed E-state index contributed by atoms with van der Waals surface area (Å²) in [6, 6.07) is 13.3. The van der Waals surface area contributed by atoms with Crippen LogP contribution in [0.4, 0.5) is 5.69 Å². The smallest absolute Gasteiger partial charge is 0.248 e. The number of nitrogens with one attached hydrogen (secondary N) is 1. The van der Waals surface area contributed by atoms with E-state index in [1.165, 1.54) is 10.4 Å². The van der Waals surface area contributed by atoms with Crippen molar-refractivity contribution in [2.24, 2.45) is 0 Å². The highest BCUT2D eigenvalue weighted by molar-refractivity contribution is 7.89. The van der Waals surface area contributed by atoms with Crippen molar-refractivity contribution in [3.05, 3.63) is 65.2 Å². The number of halogens is 1. The van der Waals surface area contributed by atoms with E-state index in [2.05, 4.69) is 5.32 Å². The molecule has 0 aliphatic carbocycles. The van der Waals surface area contributed by atoms with Crippen LogP contribution in [0.15, 0.2) is 59.5 Å². The summed E-state index contributed by atoms with van der Waals surface area (Å²) in [6.07, 6.45) is 3.00. The van der Waals surface area contributed by atoms with Crippen molar-refractivity contribution in [3.63, 3.8) is 0 Å². The Hall–Kier alpha value is -2.15. The van der Waals surface area contributed by atoms with E-state index in [4.69, 9.17) is 11.6 Å². The summed E-state index contributed by atoms with van der Waals surface area (Å²) in [7, 11) is -3.48. The van der Waals surface area contributed by atoms with E-state index in [0.29, 0.717) is 23.8 Å². The lowest BCUT2D eigenvalue weighted by molar-refractivity contribution is -0.111. The predicted molar refractivity (Wildman–Crippen MR) is 106 cm³/mol. The maximum Gasteiger partial charge on any atom is 0.248 e. The SMILES string of the molecule is CCN(CC)S(=O)(=O)c1ccc(/C=C/C(=O)Nc2cccc(Cl)c2)cc1. The first-order valence-electron chi connectivity index (χ1n) is 8.21. The van der Waals surface area contributed by atoms with E-state index in [1.54, 1.807) is 68.5 Å². The normalized spacial score (nSPS) is 11.8. The van der Waals surface area contributed by atoms with E-state index in [-0.39, 0.29) is 10.8 Å². The third-order valence-electron chi connectivity index (χ3n) is 3.74. The number of sulfonamides is 1. The molecule has 138 valence electrons. The molecular weight excluding hydrogens is 372 g/mol. The molecule has 0 unspecified atom stereocenters. The van der Waals surface area contributed by atoms with Crippen LogP contribution in [-0.2, 0) is 14.8 Å². The van der Waals surface area contributed by atoms with Gasteiger partial charge in [-0.2, -0.15) is 4.31 Å². The van der Waals surface area contributed by atoms with Gasteiger partial charge in [0, 0.05) is 29.9 Å². The van der Waals surface area contributed by atoms with Gasteiger partial charge in [0.05, 0.1) is 4.90 Å². The molecule has 0 saturated heterocycles. The molecule has 2 rings (SSSR count). The summed E-state index contributed by atoms with van der Waals surface area (Å²) in [5.41, 5.74) is 1.33. The predicted octanol–water partition coefficient (Wildman–Crippen LogP) is 4.02. The van der Waals surface area contributed by atoms with Crippen molar-refractivity contribution in [1.82, 2.24) is 4.31 Å². The Morgan fingerprint density at radius 3 is 2.35 bits per heavy atom. The lowest BCUT2D eigenvalue weighted by Crippen LogP contribution is -2.30. The van der Waals surface area contributed by atoms with Crippen molar-refractivity contribution in [3.8, 4) is 0 Å². The summed E-state index contributed by atoms with van der Waals surface area (Å²) >= 11 is 5.87. The first-order chi connectivity index (χ1) is 12.4. The van der Waals surface area contributed by atoms with Crippen molar-refractivity contribution in [2.45, 2.75) is 18.7 Å². The molecule has 0 aliphatic rings. The Balaban J connectivity index is 2.06. The van der Waals surface area contributed by atoms with Gasteiger partial charge in [-0.3, -0.25) is 4.79 Å². The zero-order valence-corrected chi connectivity index (χ0v) is 16.2. The molecule has 0 spiro atoms. The number of anilines is 1. The van der Waals surface area contributed by atoms with Gasteiger partial charge in [-0.05, 0) is 42.0 Å². The lowest BCUT2D eigenvalue weighted by Gasteiger charge is -2.18. The van der Waals surface area contributed by atoms with Crippen LogP contribution in [0.5, 0.6) is 0 Å². The van der Waals surface area contributed by atoms with Crippen LogP contribution >= 0.6 is 11.6 Å². The Bertz CT molecular complexity index is 889. The third kappa shape index (κ3) is 5.17. The van der Waals surface area contributed by atoms with Gasteiger partial charge in [-0.1, -0.05) is 43.6 Å². The summed E-state index contributed by atoms with van der Waals surface area (Å²) in [6.45, 7) is 4.45. The largest absolute Gasteiger partial charge is 0.322 e. The highest BCUT2D eigenvalue weighted by atomic mass is 35.5. The maximum atomic E-state index is 12.4. The average molecular weight is 393 g/mol. The van der Waals surface area contributed by atoms with Crippen molar-refractivity contribution in [2.75, 3.05) is 18.4 Å². The van der Waals surface area contributed by atoms with Crippen LogP contribution in [-0.4, -0.2) is 31.7 Å². The molecule has 0 atom stereocenters. The van der Waals surface area contributed by atoms with Crippen LogP contribution in [0.25, 0.3) is 6.08 Å². The highest BCUT2D eigenvalue weighted by Gasteiger charge is 2.20. The molecular formula is C19H21ClN2O3S. The van der Waals surface area contributed by atoms with Crippen molar-refractivity contribution >= 4 is 39.3 Å². The van der Waals surface area contributed by atoms with Gasteiger partial charge in [-0.15, -0.1) is 0 Å². The fraction of sp³-hybridized carbons (Fsp3) is 0.211. The van der Waals surface area contributed by atoms with E-state index in [1.807, 2.05) is 0 Å². The Morgan fingerprint density at radius 2 is 1.77 bits per heavy atom.